The molecule has 1 aromatic heterocycles. The maximum atomic E-state index is 12.6. The number of amides is 2. The molecule has 1 heterocycles. The highest BCUT2D eigenvalue weighted by Gasteiger charge is 2.23. The Hall–Kier alpha value is -3.87. The Kier molecular flexibility index (Phi) is 7.40. The van der Waals surface area contributed by atoms with E-state index >= 15 is 0 Å². The van der Waals surface area contributed by atoms with Crippen LogP contribution in [0.15, 0.2) is 66.7 Å². The van der Waals surface area contributed by atoms with Gasteiger partial charge in [-0.05, 0) is 67.0 Å². The first-order chi connectivity index (χ1) is 18.0. The molecule has 37 heavy (non-hydrogen) atoms. The molecule has 0 radical (unpaired) electrons. The minimum atomic E-state index is -0.110. The molecule has 1 aliphatic rings. The Morgan fingerprint density at radius 1 is 0.919 bits per heavy atom. The Balaban J connectivity index is 1.11. The van der Waals surface area contributed by atoms with Gasteiger partial charge in [-0.25, -0.2) is 9.78 Å². The molecule has 1 atom stereocenters. The first-order valence-electron chi connectivity index (χ1n) is 13.2. The lowest BCUT2D eigenvalue weighted by molar-refractivity contribution is 0.233. The van der Waals surface area contributed by atoms with Gasteiger partial charge in [-0.2, -0.15) is 4.98 Å². The van der Waals surface area contributed by atoms with Gasteiger partial charge in [0.1, 0.15) is 5.82 Å². The third kappa shape index (κ3) is 5.77. The largest absolute Gasteiger partial charge is 0.362 e. The highest BCUT2D eigenvalue weighted by Crippen LogP contribution is 2.28. The summed E-state index contributed by atoms with van der Waals surface area (Å²) in [5, 5.41) is 13.2. The van der Waals surface area contributed by atoms with Crippen LogP contribution in [0.1, 0.15) is 44.2 Å². The van der Waals surface area contributed by atoms with E-state index < -0.39 is 0 Å². The van der Waals surface area contributed by atoms with Crippen LogP contribution in [0.5, 0.6) is 0 Å². The van der Waals surface area contributed by atoms with Crippen molar-refractivity contribution in [3.8, 4) is 0 Å². The van der Waals surface area contributed by atoms with Crippen molar-refractivity contribution in [2.45, 2.75) is 44.7 Å². The summed E-state index contributed by atoms with van der Waals surface area (Å²) in [5.74, 6) is 2.09. The van der Waals surface area contributed by atoms with Crippen molar-refractivity contribution in [3.63, 3.8) is 0 Å². The summed E-state index contributed by atoms with van der Waals surface area (Å²) in [6.45, 7) is 2.73. The van der Waals surface area contributed by atoms with Crippen LogP contribution >= 0.6 is 0 Å². The molecule has 2 amide bonds. The van der Waals surface area contributed by atoms with Gasteiger partial charge in [0.2, 0.25) is 5.95 Å². The molecular formula is C30H36N6O. The summed E-state index contributed by atoms with van der Waals surface area (Å²) in [6, 6.07) is 22.8. The lowest BCUT2D eigenvalue weighted by Gasteiger charge is -2.29. The standard InChI is InChI=1S/C30H36N6O/c1-20(24-13-8-10-22-9-4-5-11-25(22)24)32-30(37)31-19-21-15-17-23(18-16-21)33-29-34-27-14-7-6-12-26(27)28(35-29)36(2)3/h4-14,20-21,23H,15-19H2,1-3H3,(H2,31,32,37)(H,33,34,35). The molecule has 3 aromatic carbocycles. The minimum Gasteiger partial charge on any atom is -0.362 e. The Labute approximate surface area is 218 Å². The summed E-state index contributed by atoms with van der Waals surface area (Å²) >= 11 is 0. The molecule has 1 unspecified atom stereocenters. The third-order valence-electron chi connectivity index (χ3n) is 7.38. The average molecular weight is 497 g/mol. The van der Waals surface area contributed by atoms with Crippen LogP contribution in [0.2, 0.25) is 0 Å². The Morgan fingerprint density at radius 3 is 2.41 bits per heavy atom. The van der Waals surface area contributed by atoms with E-state index in [1.165, 1.54) is 10.8 Å². The number of nitrogens with zero attached hydrogens (tertiary/aromatic N) is 3. The number of nitrogens with one attached hydrogen (secondary N) is 3. The van der Waals surface area contributed by atoms with E-state index in [0.29, 0.717) is 24.5 Å². The number of hydrogen-bond acceptors (Lipinski definition) is 5. The van der Waals surface area contributed by atoms with E-state index in [9.17, 15) is 4.79 Å². The number of aromatic nitrogens is 2. The second-order valence-corrected chi connectivity index (χ2v) is 10.3. The van der Waals surface area contributed by atoms with Gasteiger partial charge < -0.3 is 20.9 Å². The zero-order chi connectivity index (χ0) is 25.8. The summed E-state index contributed by atoms with van der Waals surface area (Å²) in [4.78, 5) is 24.2. The predicted octanol–water partition coefficient (Wildman–Crippen LogP) is 5.88. The van der Waals surface area contributed by atoms with E-state index in [2.05, 4.69) is 46.3 Å². The number of benzene rings is 3. The molecule has 4 aromatic rings. The lowest BCUT2D eigenvalue weighted by atomic mass is 9.86. The van der Waals surface area contributed by atoms with Crippen LogP contribution in [-0.4, -0.2) is 42.7 Å². The van der Waals surface area contributed by atoms with E-state index in [0.717, 1.165) is 48.0 Å². The molecule has 1 fully saturated rings. The number of para-hydroxylation sites is 1. The molecule has 0 bridgehead atoms. The van der Waals surface area contributed by atoms with Gasteiger partial charge in [-0.1, -0.05) is 54.6 Å². The van der Waals surface area contributed by atoms with Gasteiger partial charge >= 0.3 is 6.03 Å². The van der Waals surface area contributed by atoms with Crippen LogP contribution in [0.4, 0.5) is 16.6 Å². The number of carbonyl (C=O) groups is 1. The van der Waals surface area contributed by atoms with Gasteiger partial charge in [0.05, 0.1) is 11.6 Å². The van der Waals surface area contributed by atoms with Crippen LogP contribution < -0.4 is 20.9 Å². The maximum absolute atomic E-state index is 12.6. The number of fused-ring (bicyclic) bond motifs is 2. The third-order valence-corrected chi connectivity index (χ3v) is 7.38. The fourth-order valence-electron chi connectivity index (χ4n) is 5.35. The van der Waals surface area contributed by atoms with Crippen molar-refractivity contribution >= 4 is 39.5 Å². The summed E-state index contributed by atoms with van der Waals surface area (Å²) in [6.07, 6.45) is 4.19. The molecule has 7 heteroatoms. The van der Waals surface area contributed by atoms with Gasteiger partial charge in [-0.3, -0.25) is 0 Å². The van der Waals surface area contributed by atoms with Crippen LogP contribution in [0.3, 0.4) is 0 Å². The number of urea groups is 1. The first-order valence-corrected chi connectivity index (χ1v) is 13.2. The van der Waals surface area contributed by atoms with Gasteiger partial charge in [0.15, 0.2) is 0 Å². The molecule has 192 valence electrons. The quantitative estimate of drug-likeness (QED) is 0.298. The topological polar surface area (TPSA) is 82.2 Å². The highest BCUT2D eigenvalue weighted by atomic mass is 16.2. The highest BCUT2D eigenvalue weighted by molar-refractivity contribution is 5.90. The molecule has 1 aliphatic carbocycles. The molecule has 7 nitrogen and oxygen atoms in total. The average Bonchev–Trinajstić information content (AvgIpc) is 2.91. The normalized spacial score (nSPS) is 18.4. The number of rotatable bonds is 7. The van der Waals surface area contributed by atoms with E-state index in [1.54, 1.807) is 0 Å². The second kappa shape index (κ2) is 11.0. The molecule has 0 saturated heterocycles. The molecule has 0 aliphatic heterocycles. The lowest BCUT2D eigenvalue weighted by Crippen LogP contribution is -2.40. The molecule has 0 spiro atoms. The van der Waals surface area contributed by atoms with Gasteiger partial charge in [0.25, 0.3) is 0 Å². The number of hydrogen-bond donors (Lipinski definition) is 3. The smallest absolute Gasteiger partial charge is 0.315 e. The van der Waals surface area contributed by atoms with Crippen molar-refractivity contribution in [1.29, 1.82) is 0 Å². The van der Waals surface area contributed by atoms with E-state index in [-0.39, 0.29) is 12.1 Å². The summed E-state index contributed by atoms with van der Waals surface area (Å²) < 4.78 is 0. The van der Waals surface area contributed by atoms with Crippen molar-refractivity contribution in [2.24, 2.45) is 5.92 Å². The molecular weight excluding hydrogens is 460 g/mol. The fourth-order valence-corrected chi connectivity index (χ4v) is 5.35. The fraction of sp³-hybridized carbons (Fsp3) is 0.367. The van der Waals surface area contributed by atoms with Crippen molar-refractivity contribution in [2.75, 3.05) is 30.9 Å². The molecule has 1 saturated carbocycles. The van der Waals surface area contributed by atoms with Gasteiger partial charge in [-0.15, -0.1) is 0 Å². The van der Waals surface area contributed by atoms with Crippen LogP contribution in [0, 0.1) is 5.92 Å². The van der Waals surface area contributed by atoms with E-state index in [1.807, 2.05) is 62.3 Å². The molecule has 3 N–H and O–H groups in total. The van der Waals surface area contributed by atoms with Crippen LogP contribution in [-0.2, 0) is 0 Å². The summed E-state index contributed by atoms with van der Waals surface area (Å²) in [5.41, 5.74) is 2.08. The zero-order valence-electron chi connectivity index (χ0n) is 21.9. The maximum Gasteiger partial charge on any atom is 0.315 e. The van der Waals surface area contributed by atoms with E-state index in [4.69, 9.17) is 9.97 Å². The number of carbonyl (C=O) groups excluding carboxylic acids is 1. The minimum absolute atomic E-state index is 0.0694. The Morgan fingerprint density at radius 2 is 1.62 bits per heavy atom. The van der Waals surface area contributed by atoms with Crippen molar-refractivity contribution in [3.05, 3.63) is 72.3 Å². The SMILES string of the molecule is CC(NC(=O)NCC1CCC(Nc2nc(N(C)C)c3ccccc3n2)CC1)c1cccc2ccccc12. The monoisotopic (exact) mass is 496 g/mol. The second-order valence-electron chi connectivity index (χ2n) is 10.3. The summed E-state index contributed by atoms with van der Waals surface area (Å²) in [7, 11) is 4.02. The Bertz CT molecular complexity index is 1370. The molecule has 5 rings (SSSR count). The van der Waals surface area contributed by atoms with Gasteiger partial charge in [0, 0.05) is 32.1 Å². The van der Waals surface area contributed by atoms with Crippen LogP contribution in [0.25, 0.3) is 21.7 Å². The van der Waals surface area contributed by atoms with Crippen molar-refractivity contribution < 1.29 is 4.79 Å². The zero-order valence-corrected chi connectivity index (χ0v) is 21.9. The predicted molar refractivity (Wildman–Crippen MR) is 152 cm³/mol. The first kappa shape index (κ1) is 24.8. The number of anilines is 2. The van der Waals surface area contributed by atoms with Crippen molar-refractivity contribution in [1.82, 2.24) is 20.6 Å².